The molecule has 2 aromatic heterocycles. The average molecular weight is 300 g/mol. The van der Waals surface area contributed by atoms with E-state index in [1.54, 1.807) is 13.0 Å². The van der Waals surface area contributed by atoms with Crippen molar-refractivity contribution in [2.75, 3.05) is 0 Å². The molecule has 2 atom stereocenters. The van der Waals surface area contributed by atoms with Gasteiger partial charge in [-0.3, -0.25) is 4.79 Å². The lowest BCUT2D eigenvalue weighted by Crippen LogP contribution is -2.32. The van der Waals surface area contributed by atoms with Crippen molar-refractivity contribution in [3.8, 4) is 0 Å². The third-order valence-electron chi connectivity index (χ3n) is 4.58. The summed E-state index contributed by atoms with van der Waals surface area (Å²) < 4.78 is 11.0. The minimum absolute atomic E-state index is 0.0721. The van der Waals surface area contributed by atoms with E-state index in [2.05, 4.69) is 18.1 Å². The normalized spacial score (nSPS) is 23.5. The molecule has 116 valence electrons. The van der Waals surface area contributed by atoms with Gasteiger partial charge in [0.25, 0.3) is 5.91 Å². The SMILES string of the molecule is Cc1cc(C(=O)N(Cc2ccc([C@@H]3C[C@H]3C)o2)C2CC2)no1. The molecule has 5 nitrogen and oxygen atoms in total. The first-order valence-corrected chi connectivity index (χ1v) is 7.94. The number of rotatable bonds is 5. The topological polar surface area (TPSA) is 59.5 Å². The minimum Gasteiger partial charge on any atom is -0.464 e. The number of aromatic nitrogens is 1. The smallest absolute Gasteiger partial charge is 0.276 e. The molecule has 0 spiro atoms. The second-order valence-electron chi connectivity index (χ2n) is 6.61. The molecule has 2 heterocycles. The van der Waals surface area contributed by atoms with Crippen LogP contribution in [0.25, 0.3) is 0 Å². The number of hydrogen-bond acceptors (Lipinski definition) is 4. The third-order valence-corrected chi connectivity index (χ3v) is 4.58. The van der Waals surface area contributed by atoms with Crippen molar-refractivity contribution in [2.45, 2.75) is 51.6 Å². The highest BCUT2D eigenvalue weighted by atomic mass is 16.5. The fraction of sp³-hybridized carbons (Fsp3) is 0.529. The number of nitrogens with zero attached hydrogens (tertiary/aromatic N) is 2. The number of aryl methyl sites for hydroxylation is 1. The fourth-order valence-corrected chi connectivity index (χ4v) is 2.93. The summed E-state index contributed by atoms with van der Waals surface area (Å²) in [6, 6.07) is 6.05. The van der Waals surface area contributed by atoms with Crippen molar-refractivity contribution in [3.63, 3.8) is 0 Å². The van der Waals surface area contributed by atoms with Crippen LogP contribution < -0.4 is 0 Å². The van der Waals surface area contributed by atoms with Crippen LogP contribution in [0, 0.1) is 12.8 Å². The monoisotopic (exact) mass is 300 g/mol. The van der Waals surface area contributed by atoms with Crippen molar-refractivity contribution in [2.24, 2.45) is 5.92 Å². The molecule has 2 saturated carbocycles. The van der Waals surface area contributed by atoms with Crippen LogP contribution in [0.2, 0.25) is 0 Å². The van der Waals surface area contributed by atoms with Crippen LogP contribution in [-0.2, 0) is 6.54 Å². The largest absolute Gasteiger partial charge is 0.464 e. The molecule has 2 aromatic rings. The zero-order chi connectivity index (χ0) is 15.3. The van der Waals surface area contributed by atoms with Gasteiger partial charge in [-0.15, -0.1) is 0 Å². The van der Waals surface area contributed by atoms with Crippen LogP contribution in [-0.4, -0.2) is 22.0 Å². The van der Waals surface area contributed by atoms with E-state index in [4.69, 9.17) is 8.94 Å². The average Bonchev–Trinajstić information content (AvgIpc) is 3.37. The lowest BCUT2D eigenvalue weighted by atomic mass is 10.2. The van der Waals surface area contributed by atoms with Crippen LogP contribution in [0.1, 0.15) is 59.9 Å². The highest BCUT2D eigenvalue weighted by Crippen LogP contribution is 2.47. The molecule has 5 heteroatoms. The summed E-state index contributed by atoms with van der Waals surface area (Å²) in [7, 11) is 0. The van der Waals surface area contributed by atoms with E-state index in [1.807, 2.05) is 11.0 Å². The summed E-state index contributed by atoms with van der Waals surface area (Å²) in [5.41, 5.74) is 0.381. The maximum Gasteiger partial charge on any atom is 0.276 e. The predicted octanol–water partition coefficient (Wildman–Crippen LogP) is 3.50. The Morgan fingerprint density at radius 2 is 2.18 bits per heavy atom. The zero-order valence-electron chi connectivity index (χ0n) is 12.9. The fourth-order valence-electron chi connectivity index (χ4n) is 2.93. The first kappa shape index (κ1) is 13.6. The van der Waals surface area contributed by atoms with Crippen LogP contribution in [0.5, 0.6) is 0 Å². The molecule has 2 aliphatic carbocycles. The maximum atomic E-state index is 12.6. The molecule has 1 amide bonds. The van der Waals surface area contributed by atoms with Crippen LogP contribution in [0.15, 0.2) is 27.1 Å². The summed E-state index contributed by atoms with van der Waals surface area (Å²) >= 11 is 0. The third kappa shape index (κ3) is 2.56. The Labute approximate surface area is 129 Å². The van der Waals surface area contributed by atoms with Crippen molar-refractivity contribution in [1.82, 2.24) is 10.1 Å². The molecule has 0 radical (unpaired) electrons. The first-order valence-electron chi connectivity index (χ1n) is 7.94. The number of carbonyl (C=O) groups excluding carboxylic acids is 1. The van der Waals surface area contributed by atoms with Gasteiger partial charge in [0.1, 0.15) is 17.3 Å². The number of hydrogen-bond donors (Lipinski definition) is 0. The maximum absolute atomic E-state index is 12.6. The van der Waals surface area contributed by atoms with Crippen molar-refractivity contribution in [3.05, 3.63) is 41.2 Å². The van der Waals surface area contributed by atoms with E-state index in [9.17, 15) is 4.79 Å². The van der Waals surface area contributed by atoms with Gasteiger partial charge in [-0.25, -0.2) is 0 Å². The molecule has 2 aliphatic rings. The van der Waals surface area contributed by atoms with E-state index in [0.29, 0.717) is 30.0 Å². The number of carbonyl (C=O) groups is 1. The lowest BCUT2D eigenvalue weighted by Gasteiger charge is -2.19. The zero-order valence-corrected chi connectivity index (χ0v) is 12.9. The Hall–Kier alpha value is -2.04. The summed E-state index contributed by atoms with van der Waals surface area (Å²) in [4.78, 5) is 14.5. The first-order chi connectivity index (χ1) is 10.6. The minimum atomic E-state index is -0.0721. The molecule has 4 rings (SSSR count). The van der Waals surface area contributed by atoms with E-state index < -0.39 is 0 Å². The van der Waals surface area contributed by atoms with Crippen molar-refractivity contribution >= 4 is 5.91 Å². The van der Waals surface area contributed by atoms with Gasteiger partial charge in [0.15, 0.2) is 5.69 Å². The van der Waals surface area contributed by atoms with E-state index in [0.717, 1.165) is 30.3 Å². The van der Waals surface area contributed by atoms with Crippen molar-refractivity contribution in [1.29, 1.82) is 0 Å². The summed E-state index contributed by atoms with van der Waals surface area (Å²) in [5.74, 6) is 3.78. The van der Waals surface area contributed by atoms with E-state index in [1.165, 1.54) is 6.42 Å². The Balaban J connectivity index is 1.50. The summed E-state index contributed by atoms with van der Waals surface area (Å²) in [5, 5.41) is 3.84. The molecular formula is C17H20N2O3. The number of amides is 1. The van der Waals surface area contributed by atoms with Gasteiger partial charge in [0.2, 0.25) is 0 Å². The van der Waals surface area contributed by atoms with Crippen LogP contribution in [0.4, 0.5) is 0 Å². The van der Waals surface area contributed by atoms with Gasteiger partial charge in [-0.05, 0) is 44.2 Å². The molecular weight excluding hydrogens is 280 g/mol. The van der Waals surface area contributed by atoms with Crippen molar-refractivity contribution < 1.29 is 13.7 Å². The molecule has 0 bridgehead atoms. The highest BCUT2D eigenvalue weighted by molar-refractivity contribution is 5.92. The Morgan fingerprint density at radius 1 is 1.41 bits per heavy atom. The van der Waals surface area contributed by atoms with Crippen LogP contribution in [0.3, 0.4) is 0 Å². The Morgan fingerprint density at radius 3 is 2.77 bits per heavy atom. The van der Waals surface area contributed by atoms with E-state index >= 15 is 0 Å². The standard InChI is InChI=1S/C17H20N2O3/c1-10-7-14(10)16-6-5-13(21-16)9-19(12-3-4-12)17(20)15-8-11(2)22-18-15/h5-6,8,10,12,14H,3-4,7,9H2,1-2H3/t10-,14-/m1/s1. The van der Waals surface area contributed by atoms with Crippen LogP contribution >= 0.6 is 0 Å². The molecule has 0 N–H and O–H groups in total. The molecule has 0 aliphatic heterocycles. The molecule has 0 unspecified atom stereocenters. The van der Waals surface area contributed by atoms with Gasteiger partial charge in [-0.1, -0.05) is 12.1 Å². The molecule has 2 fully saturated rings. The molecule has 22 heavy (non-hydrogen) atoms. The molecule has 0 saturated heterocycles. The summed E-state index contributed by atoms with van der Waals surface area (Å²) in [6.45, 7) is 4.54. The van der Waals surface area contributed by atoms with Gasteiger partial charge < -0.3 is 13.8 Å². The lowest BCUT2D eigenvalue weighted by molar-refractivity contribution is 0.0706. The second-order valence-corrected chi connectivity index (χ2v) is 6.61. The Kier molecular flexibility index (Phi) is 3.10. The quantitative estimate of drug-likeness (QED) is 0.848. The van der Waals surface area contributed by atoms with Gasteiger partial charge in [0.05, 0.1) is 6.54 Å². The van der Waals surface area contributed by atoms with Gasteiger partial charge in [0, 0.05) is 18.0 Å². The Bertz CT molecular complexity index is 698. The van der Waals surface area contributed by atoms with Gasteiger partial charge in [-0.2, -0.15) is 0 Å². The van der Waals surface area contributed by atoms with Gasteiger partial charge >= 0.3 is 0 Å². The predicted molar refractivity (Wildman–Crippen MR) is 79.4 cm³/mol. The van der Waals surface area contributed by atoms with E-state index in [-0.39, 0.29) is 5.91 Å². The summed E-state index contributed by atoms with van der Waals surface area (Å²) in [6.07, 6.45) is 3.31. The number of furan rings is 1. The second kappa shape index (κ2) is 5.00. The molecule has 0 aromatic carbocycles. The highest BCUT2D eigenvalue weighted by Gasteiger charge is 2.38.